The number of amides is 3. The Morgan fingerprint density at radius 1 is 1.00 bits per heavy atom. The summed E-state index contributed by atoms with van der Waals surface area (Å²) in [7, 11) is 0. The van der Waals surface area contributed by atoms with Crippen LogP contribution < -0.4 is 0 Å². The summed E-state index contributed by atoms with van der Waals surface area (Å²) in [5.41, 5.74) is 0.838. The van der Waals surface area contributed by atoms with Crippen LogP contribution in [-0.2, 0) is 9.59 Å². The van der Waals surface area contributed by atoms with E-state index >= 15 is 0 Å². The minimum atomic E-state index is -0.840. The van der Waals surface area contributed by atoms with Crippen LogP contribution in [0.25, 0.3) is 0 Å². The fourth-order valence-electron chi connectivity index (χ4n) is 4.12. The number of hydrazine groups is 1. The Hall–Kier alpha value is -4.14. The van der Waals surface area contributed by atoms with E-state index in [1.165, 1.54) is 18.2 Å². The third-order valence-electron chi connectivity index (χ3n) is 5.93. The van der Waals surface area contributed by atoms with Crippen molar-refractivity contribution < 1.29 is 24.1 Å². The summed E-state index contributed by atoms with van der Waals surface area (Å²) in [6, 6.07) is 11.7. The van der Waals surface area contributed by atoms with Crippen molar-refractivity contribution in [3.8, 4) is 0 Å². The second kappa shape index (κ2) is 8.78. The first-order valence-electron chi connectivity index (χ1n) is 10.5. The quantitative estimate of drug-likeness (QED) is 0.221. The van der Waals surface area contributed by atoms with Crippen LogP contribution in [0.15, 0.2) is 60.7 Å². The lowest BCUT2D eigenvalue weighted by molar-refractivity contribution is -0.384. The molecule has 168 valence electrons. The summed E-state index contributed by atoms with van der Waals surface area (Å²) in [4.78, 5) is 63.2. The maximum absolute atomic E-state index is 13.4. The Bertz CT molecular complexity index is 1160. The zero-order valence-electron chi connectivity index (χ0n) is 17.8. The molecule has 33 heavy (non-hydrogen) atoms. The number of hydrogen-bond acceptors (Lipinski definition) is 6. The normalized spacial score (nSPS) is 19.4. The Kier molecular flexibility index (Phi) is 5.87. The van der Waals surface area contributed by atoms with Gasteiger partial charge in [-0.2, -0.15) is 5.01 Å². The van der Waals surface area contributed by atoms with Crippen molar-refractivity contribution in [2.75, 3.05) is 6.54 Å². The van der Waals surface area contributed by atoms with Crippen LogP contribution >= 0.6 is 0 Å². The maximum atomic E-state index is 13.4. The molecular formula is C24H21N3O6. The first-order valence-corrected chi connectivity index (χ1v) is 10.5. The second-order valence-electron chi connectivity index (χ2n) is 8.10. The number of benzene rings is 2. The third kappa shape index (κ3) is 4.17. The monoisotopic (exact) mass is 447 g/mol. The van der Waals surface area contributed by atoms with Gasteiger partial charge in [0.1, 0.15) is 6.54 Å². The molecule has 1 aliphatic heterocycles. The van der Waals surface area contributed by atoms with Crippen LogP contribution in [0.3, 0.4) is 0 Å². The average Bonchev–Trinajstić information content (AvgIpc) is 3.07. The number of allylic oxidation sites excluding steroid dienone is 2. The molecule has 0 radical (unpaired) electrons. The molecule has 3 amide bonds. The fourth-order valence-corrected chi connectivity index (χ4v) is 4.12. The molecule has 2 aliphatic rings. The van der Waals surface area contributed by atoms with Crippen LogP contribution in [0.1, 0.15) is 39.1 Å². The molecule has 9 heteroatoms. The second-order valence-corrected chi connectivity index (χ2v) is 8.10. The number of Topliss-reactive ketones (excluding diaryl/α,β-unsaturated/α-hetero) is 1. The minimum Gasteiger partial charge on any atom is -0.292 e. The van der Waals surface area contributed by atoms with E-state index in [9.17, 15) is 29.3 Å². The molecule has 1 heterocycles. The van der Waals surface area contributed by atoms with Gasteiger partial charge in [0, 0.05) is 23.3 Å². The van der Waals surface area contributed by atoms with Gasteiger partial charge in [-0.25, -0.2) is 5.01 Å². The molecule has 2 atom stereocenters. The highest BCUT2D eigenvalue weighted by Crippen LogP contribution is 2.36. The summed E-state index contributed by atoms with van der Waals surface area (Å²) in [5, 5.41) is 12.8. The first-order chi connectivity index (χ1) is 15.8. The zero-order valence-corrected chi connectivity index (χ0v) is 17.8. The summed E-state index contributed by atoms with van der Waals surface area (Å²) in [5.74, 6) is -3.61. The van der Waals surface area contributed by atoms with Crippen LogP contribution in [0, 0.1) is 28.9 Å². The van der Waals surface area contributed by atoms with Crippen molar-refractivity contribution >= 4 is 29.2 Å². The molecule has 0 spiro atoms. The molecule has 2 aromatic carbocycles. The zero-order chi connectivity index (χ0) is 23.7. The number of fused-ring (bicyclic) bond motifs is 1. The van der Waals surface area contributed by atoms with E-state index in [0.717, 1.165) is 21.6 Å². The summed E-state index contributed by atoms with van der Waals surface area (Å²) >= 11 is 0. The van der Waals surface area contributed by atoms with E-state index in [2.05, 4.69) is 0 Å². The number of hydrogen-bond donors (Lipinski definition) is 0. The van der Waals surface area contributed by atoms with Crippen molar-refractivity contribution in [1.29, 1.82) is 0 Å². The lowest BCUT2D eigenvalue weighted by atomic mass is 9.85. The number of nitro benzene ring substituents is 1. The predicted octanol–water partition coefficient (Wildman–Crippen LogP) is 3.09. The van der Waals surface area contributed by atoms with E-state index in [4.69, 9.17) is 0 Å². The minimum absolute atomic E-state index is 0.102. The molecule has 0 bridgehead atoms. The van der Waals surface area contributed by atoms with Crippen LogP contribution in [-0.4, -0.2) is 45.0 Å². The van der Waals surface area contributed by atoms with Gasteiger partial charge >= 0.3 is 0 Å². The van der Waals surface area contributed by atoms with Gasteiger partial charge in [0.2, 0.25) is 0 Å². The predicted molar refractivity (Wildman–Crippen MR) is 117 cm³/mol. The molecule has 9 nitrogen and oxygen atoms in total. The highest BCUT2D eigenvalue weighted by molar-refractivity contribution is 6.09. The number of aryl methyl sites for hydroxylation is 1. The van der Waals surface area contributed by atoms with Gasteiger partial charge in [0.15, 0.2) is 5.78 Å². The maximum Gasteiger partial charge on any atom is 0.273 e. The van der Waals surface area contributed by atoms with Crippen molar-refractivity contribution in [1.82, 2.24) is 10.0 Å². The number of nitro groups is 1. The summed E-state index contributed by atoms with van der Waals surface area (Å²) in [6.45, 7) is 1.30. The molecule has 0 unspecified atom stereocenters. The molecule has 1 fully saturated rings. The standard InChI is InChI=1S/C24H21N3O6/c1-15-9-11-16(12-10-15)21(28)14-25(22(29)17-5-4-6-18(13-17)27(32)33)26-23(30)19-7-2-3-8-20(19)24(26)31/h2-6,9-13,19-20H,7-8,14H2,1H3/t19-,20+. The number of ketones is 1. The number of imide groups is 1. The number of nitrogens with zero attached hydrogens (tertiary/aromatic N) is 3. The smallest absolute Gasteiger partial charge is 0.273 e. The molecule has 2 aromatic rings. The average molecular weight is 447 g/mol. The summed E-state index contributed by atoms with van der Waals surface area (Å²) in [6.07, 6.45) is 4.38. The number of carbonyl (C=O) groups is 4. The van der Waals surface area contributed by atoms with E-state index in [-0.39, 0.29) is 11.3 Å². The lowest BCUT2D eigenvalue weighted by Crippen LogP contribution is -2.52. The third-order valence-corrected chi connectivity index (χ3v) is 5.93. The Labute approximate surface area is 189 Å². The van der Waals surface area contributed by atoms with Gasteiger partial charge in [-0.3, -0.25) is 29.3 Å². The molecule has 0 aromatic heterocycles. The molecule has 0 saturated carbocycles. The number of carbonyl (C=O) groups excluding carboxylic acids is 4. The summed E-state index contributed by atoms with van der Waals surface area (Å²) < 4.78 is 0. The van der Waals surface area contributed by atoms with Crippen molar-refractivity contribution in [2.24, 2.45) is 11.8 Å². The van der Waals surface area contributed by atoms with Gasteiger partial charge in [-0.05, 0) is 25.8 Å². The molecule has 1 aliphatic carbocycles. The molecular weight excluding hydrogens is 426 g/mol. The van der Waals surface area contributed by atoms with Crippen LogP contribution in [0.5, 0.6) is 0 Å². The highest BCUT2D eigenvalue weighted by atomic mass is 16.6. The Balaban J connectivity index is 1.71. The van der Waals surface area contributed by atoms with Gasteiger partial charge < -0.3 is 0 Å². The van der Waals surface area contributed by atoms with Crippen molar-refractivity contribution in [3.05, 3.63) is 87.5 Å². The lowest BCUT2D eigenvalue weighted by Gasteiger charge is -2.30. The molecule has 4 rings (SSSR count). The SMILES string of the molecule is Cc1ccc(C(=O)CN(C(=O)c2cccc([N+](=O)[O-])c2)N2C(=O)[C@H]3CC=CC[C@H]3C2=O)cc1. The van der Waals surface area contributed by atoms with E-state index in [1.807, 2.05) is 19.1 Å². The van der Waals surface area contributed by atoms with E-state index < -0.39 is 46.8 Å². The molecule has 1 saturated heterocycles. The number of non-ortho nitro benzene ring substituents is 1. The largest absolute Gasteiger partial charge is 0.292 e. The van der Waals surface area contributed by atoms with E-state index in [1.54, 1.807) is 24.3 Å². The van der Waals surface area contributed by atoms with Gasteiger partial charge in [0.25, 0.3) is 23.4 Å². The van der Waals surface area contributed by atoms with Gasteiger partial charge in [-0.15, -0.1) is 0 Å². The highest BCUT2D eigenvalue weighted by Gasteiger charge is 2.51. The first kappa shape index (κ1) is 22.1. The van der Waals surface area contributed by atoms with Crippen LogP contribution in [0.2, 0.25) is 0 Å². The van der Waals surface area contributed by atoms with Crippen molar-refractivity contribution in [3.63, 3.8) is 0 Å². The van der Waals surface area contributed by atoms with Gasteiger partial charge in [0.05, 0.1) is 16.8 Å². The van der Waals surface area contributed by atoms with E-state index in [0.29, 0.717) is 18.4 Å². The Morgan fingerprint density at radius 2 is 1.61 bits per heavy atom. The molecule has 0 N–H and O–H groups in total. The van der Waals surface area contributed by atoms with Crippen molar-refractivity contribution in [2.45, 2.75) is 19.8 Å². The Morgan fingerprint density at radius 3 is 2.18 bits per heavy atom. The number of rotatable bonds is 6. The topological polar surface area (TPSA) is 118 Å². The fraction of sp³-hybridized carbons (Fsp3) is 0.250. The van der Waals surface area contributed by atoms with Gasteiger partial charge in [-0.1, -0.05) is 48.0 Å². The van der Waals surface area contributed by atoms with Crippen LogP contribution in [0.4, 0.5) is 5.69 Å².